The molecule has 5 heterocycles. The Morgan fingerprint density at radius 2 is 1.87 bits per heavy atom. The second kappa shape index (κ2) is 9.07. The Morgan fingerprint density at radius 1 is 1.11 bits per heavy atom. The number of aromatic nitrogens is 4. The molecule has 3 fully saturated rings. The summed E-state index contributed by atoms with van der Waals surface area (Å²) in [5.41, 5.74) is 2.13. The number of nitrogens with one attached hydrogen (secondary N) is 1. The van der Waals surface area contributed by atoms with Crippen molar-refractivity contribution in [1.82, 2.24) is 25.1 Å². The van der Waals surface area contributed by atoms with E-state index in [1.807, 2.05) is 44.7 Å². The van der Waals surface area contributed by atoms with Crippen molar-refractivity contribution in [2.75, 3.05) is 62.3 Å². The quantitative estimate of drug-likeness (QED) is 0.554. The Bertz CT molecular complexity index is 1370. The Labute approximate surface area is 221 Å². The number of anilines is 2. The summed E-state index contributed by atoms with van der Waals surface area (Å²) in [5.74, 6) is 0.382. The van der Waals surface area contributed by atoms with Gasteiger partial charge in [0.15, 0.2) is 11.6 Å². The highest BCUT2D eigenvalue weighted by Gasteiger charge is 2.51. The number of fused-ring (bicyclic) bond motifs is 1. The van der Waals surface area contributed by atoms with Gasteiger partial charge in [0.25, 0.3) is 0 Å². The lowest BCUT2D eigenvalue weighted by molar-refractivity contribution is -0.0266. The van der Waals surface area contributed by atoms with E-state index in [9.17, 15) is 4.79 Å². The summed E-state index contributed by atoms with van der Waals surface area (Å²) in [6, 6.07) is 3.90. The number of carbonyl (C=O) groups is 1. The van der Waals surface area contributed by atoms with Crippen LogP contribution in [-0.2, 0) is 9.47 Å². The number of aromatic amines is 1. The molecule has 0 saturated carbocycles. The lowest BCUT2D eigenvalue weighted by Gasteiger charge is -2.47. The van der Waals surface area contributed by atoms with Crippen molar-refractivity contribution in [1.29, 1.82) is 0 Å². The van der Waals surface area contributed by atoms with E-state index in [4.69, 9.17) is 19.4 Å². The fraction of sp³-hybridized carbons (Fsp3) is 0.556. The predicted octanol–water partition coefficient (Wildman–Crippen LogP) is 3.75. The lowest BCUT2D eigenvalue weighted by Crippen LogP contribution is -2.60. The fourth-order valence-corrected chi connectivity index (χ4v) is 5.74. The second-order valence-electron chi connectivity index (χ2n) is 11.7. The molecule has 3 aliphatic rings. The third-order valence-electron chi connectivity index (χ3n) is 7.63. The summed E-state index contributed by atoms with van der Waals surface area (Å²) in [6.07, 6.45) is 2.28. The minimum atomic E-state index is -0.534. The van der Waals surface area contributed by atoms with Crippen LogP contribution in [-0.4, -0.2) is 89.2 Å². The second-order valence-corrected chi connectivity index (χ2v) is 11.7. The summed E-state index contributed by atoms with van der Waals surface area (Å²) in [5, 5.41) is 7.99. The molecule has 6 rings (SSSR count). The van der Waals surface area contributed by atoms with Crippen molar-refractivity contribution in [3.63, 3.8) is 0 Å². The standard InChI is InChI=1S/C27H34FN7O3/c1-17-5-6-19-18(13-29-32-19)20(17)22-21(28)23(31-24(30-22)33-9-11-37-12-10-33)34-8-7-27(14-34)15-35(16-27)25(36)38-26(2,3)4/h5-6,13H,7-12,14-16H2,1-4H3,(H,29,32). The Morgan fingerprint density at radius 3 is 2.61 bits per heavy atom. The number of likely N-dealkylation sites (tertiary alicyclic amines) is 1. The zero-order chi connectivity index (χ0) is 26.7. The zero-order valence-electron chi connectivity index (χ0n) is 22.4. The minimum absolute atomic E-state index is 0.0892. The van der Waals surface area contributed by atoms with E-state index < -0.39 is 11.4 Å². The number of rotatable bonds is 3. The number of hydrogen-bond donors (Lipinski definition) is 1. The Kier molecular flexibility index (Phi) is 5.93. The maximum absolute atomic E-state index is 16.4. The zero-order valence-corrected chi connectivity index (χ0v) is 22.4. The van der Waals surface area contributed by atoms with Crippen LogP contribution in [0.25, 0.3) is 22.2 Å². The summed E-state index contributed by atoms with van der Waals surface area (Å²) in [6.45, 7) is 12.5. The lowest BCUT2D eigenvalue weighted by atomic mass is 9.79. The van der Waals surface area contributed by atoms with Gasteiger partial charge in [0.05, 0.1) is 24.9 Å². The minimum Gasteiger partial charge on any atom is -0.444 e. The summed E-state index contributed by atoms with van der Waals surface area (Å²) in [7, 11) is 0. The molecule has 0 bridgehead atoms. The molecule has 0 aliphatic carbocycles. The van der Waals surface area contributed by atoms with Crippen LogP contribution in [0.4, 0.5) is 21.0 Å². The normalized spacial score (nSPS) is 19.3. The van der Waals surface area contributed by atoms with Crippen molar-refractivity contribution in [2.24, 2.45) is 5.41 Å². The van der Waals surface area contributed by atoms with E-state index in [0.717, 1.165) is 28.5 Å². The van der Waals surface area contributed by atoms with Crippen LogP contribution < -0.4 is 9.80 Å². The van der Waals surface area contributed by atoms with Gasteiger partial charge in [-0.1, -0.05) is 6.07 Å². The number of carbonyl (C=O) groups excluding carboxylic acids is 1. The molecule has 1 amide bonds. The van der Waals surface area contributed by atoms with Crippen LogP contribution in [0.3, 0.4) is 0 Å². The van der Waals surface area contributed by atoms with Gasteiger partial charge in [-0.05, 0) is 45.7 Å². The summed E-state index contributed by atoms with van der Waals surface area (Å²) < 4.78 is 27.5. The van der Waals surface area contributed by atoms with Crippen molar-refractivity contribution >= 4 is 28.8 Å². The number of hydrogen-bond acceptors (Lipinski definition) is 8. The molecule has 0 atom stereocenters. The van der Waals surface area contributed by atoms with Gasteiger partial charge in [0.1, 0.15) is 11.3 Å². The average Bonchev–Trinajstić information content (AvgIpc) is 3.51. The number of nitrogens with zero attached hydrogens (tertiary/aromatic N) is 6. The van der Waals surface area contributed by atoms with E-state index in [1.54, 1.807) is 11.1 Å². The smallest absolute Gasteiger partial charge is 0.410 e. The molecule has 202 valence electrons. The molecule has 11 heteroatoms. The SMILES string of the molecule is Cc1ccc2[nH]ncc2c1-c1nc(N2CCOCC2)nc(N2CCC3(CN(C(=O)OC(C)(C)C)C3)C2)c1F. The third kappa shape index (κ3) is 4.42. The summed E-state index contributed by atoms with van der Waals surface area (Å²) in [4.78, 5) is 27.9. The first-order valence-corrected chi connectivity index (χ1v) is 13.2. The molecule has 3 aliphatic heterocycles. The molecule has 1 N–H and O–H groups in total. The van der Waals surface area contributed by atoms with Gasteiger partial charge in [-0.3, -0.25) is 5.10 Å². The predicted molar refractivity (Wildman–Crippen MR) is 142 cm³/mol. The van der Waals surface area contributed by atoms with Gasteiger partial charge in [0.2, 0.25) is 5.95 Å². The first kappa shape index (κ1) is 24.8. The highest BCUT2D eigenvalue weighted by molar-refractivity contribution is 5.95. The highest BCUT2D eigenvalue weighted by Crippen LogP contribution is 2.43. The van der Waals surface area contributed by atoms with Crippen LogP contribution in [0.1, 0.15) is 32.8 Å². The number of ether oxygens (including phenoxy) is 2. The van der Waals surface area contributed by atoms with Crippen molar-refractivity contribution in [2.45, 2.75) is 39.7 Å². The molecule has 0 unspecified atom stereocenters. The van der Waals surface area contributed by atoms with Gasteiger partial charge in [0, 0.05) is 55.6 Å². The maximum Gasteiger partial charge on any atom is 0.410 e. The first-order chi connectivity index (χ1) is 18.1. The largest absolute Gasteiger partial charge is 0.444 e. The van der Waals surface area contributed by atoms with Crippen LogP contribution in [0.5, 0.6) is 0 Å². The number of amides is 1. The number of morpholine rings is 1. The van der Waals surface area contributed by atoms with Gasteiger partial charge >= 0.3 is 6.09 Å². The Balaban J connectivity index is 1.34. The average molecular weight is 524 g/mol. The van der Waals surface area contributed by atoms with E-state index in [-0.39, 0.29) is 17.2 Å². The number of benzene rings is 1. The summed E-state index contributed by atoms with van der Waals surface area (Å²) >= 11 is 0. The molecule has 3 saturated heterocycles. The third-order valence-corrected chi connectivity index (χ3v) is 7.63. The maximum atomic E-state index is 16.4. The molecular formula is C27H34FN7O3. The van der Waals surface area contributed by atoms with Crippen molar-refractivity contribution in [3.05, 3.63) is 29.7 Å². The first-order valence-electron chi connectivity index (χ1n) is 13.2. The van der Waals surface area contributed by atoms with Crippen molar-refractivity contribution in [3.8, 4) is 11.3 Å². The number of H-pyrrole nitrogens is 1. The van der Waals surface area contributed by atoms with Gasteiger partial charge < -0.3 is 24.2 Å². The van der Waals surface area contributed by atoms with Crippen molar-refractivity contribution < 1.29 is 18.7 Å². The van der Waals surface area contributed by atoms with Crippen LogP contribution in [0.2, 0.25) is 0 Å². The molecular weight excluding hydrogens is 489 g/mol. The van der Waals surface area contributed by atoms with Crippen LogP contribution in [0, 0.1) is 18.2 Å². The fourth-order valence-electron chi connectivity index (χ4n) is 5.74. The van der Waals surface area contributed by atoms with Crippen LogP contribution in [0.15, 0.2) is 18.3 Å². The monoisotopic (exact) mass is 523 g/mol. The topological polar surface area (TPSA) is 99.7 Å². The molecule has 10 nitrogen and oxygen atoms in total. The van der Waals surface area contributed by atoms with Gasteiger partial charge in [-0.25, -0.2) is 14.2 Å². The van der Waals surface area contributed by atoms with E-state index in [0.29, 0.717) is 64.2 Å². The molecule has 38 heavy (non-hydrogen) atoms. The molecule has 2 aromatic heterocycles. The molecule has 0 radical (unpaired) electrons. The molecule has 1 aromatic carbocycles. The van der Waals surface area contributed by atoms with E-state index in [1.165, 1.54) is 0 Å². The van der Waals surface area contributed by atoms with E-state index in [2.05, 4.69) is 15.1 Å². The number of halogens is 1. The number of aryl methyl sites for hydroxylation is 1. The van der Waals surface area contributed by atoms with Gasteiger partial charge in [-0.15, -0.1) is 0 Å². The van der Waals surface area contributed by atoms with Crippen LogP contribution >= 0.6 is 0 Å². The molecule has 3 aromatic rings. The Hall–Kier alpha value is -3.47. The van der Waals surface area contributed by atoms with Gasteiger partial charge in [-0.2, -0.15) is 10.1 Å². The highest BCUT2D eigenvalue weighted by atomic mass is 19.1. The van der Waals surface area contributed by atoms with E-state index >= 15 is 4.39 Å². The molecule has 1 spiro atoms.